The summed E-state index contributed by atoms with van der Waals surface area (Å²) in [7, 11) is -4.22. The Bertz CT molecular complexity index is 728. The summed E-state index contributed by atoms with van der Waals surface area (Å²) in [5, 5.41) is 0. The Morgan fingerprint density at radius 2 is 2.14 bits per heavy atom. The van der Waals surface area contributed by atoms with Crippen molar-refractivity contribution < 1.29 is 19.1 Å². The fourth-order valence-electron chi connectivity index (χ4n) is 2.41. The van der Waals surface area contributed by atoms with Gasteiger partial charge in [0, 0.05) is 0 Å². The van der Waals surface area contributed by atoms with Gasteiger partial charge in [-0.05, 0) is 12.8 Å². The third-order valence-electron chi connectivity index (χ3n) is 3.37. The second kappa shape index (κ2) is 4.92. The first kappa shape index (κ1) is 14.2. The Kier molecular flexibility index (Phi) is 3.33. The van der Waals surface area contributed by atoms with E-state index in [0.717, 1.165) is 0 Å². The maximum absolute atomic E-state index is 11.2. The molecule has 10 nitrogen and oxygen atoms in total. The van der Waals surface area contributed by atoms with Gasteiger partial charge in [0.25, 0.3) is 0 Å². The van der Waals surface area contributed by atoms with Gasteiger partial charge in [0.2, 0.25) is 5.95 Å². The molecule has 1 aliphatic heterocycles. The van der Waals surface area contributed by atoms with Gasteiger partial charge >= 0.3 is 7.60 Å². The quantitative estimate of drug-likeness (QED) is 0.555. The number of aromatic nitrogens is 4. The summed E-state index contributed by atoms with van der Waals surface area (Å²) in [4.78, 5) is 30.3. The van der Waals surface area contributed by atoms with Crippen molar-refractivity contribution in [1.82, 2.24) is 19.5 Å². The molecule has 2 atom stereocenters. The maximum Gasteiger partial charge on any atom is 0.354 e. The zero-order valence-electron chi connectivity index (χ0n) is 11.0. The van der Waals surface area contributed by atoms with E-state index in [4.69, 9.17) is 26.0 Å². The van der Waals surface area contributed by atoms with E-state index in [1.165, 1.54) is 6.33 Å². The van der Waals surface area contributed by atoms with Crippen LogP contribution in [0.25, 0.3) is 11.2 Å². The van der Waals surface area contributed by atoms with Crippen LogP contribution in [0, 0.1) is 0 Å². The average molecular weight is 314 g/mol. The van der Waals surface area contributed by atoms with Gasteiger partial charge in [-0.25, -0.2) is 4.98 Å². The molecule has 21 heavy (non-hydrogen) atoms. The minimum absolute atomic E-state index is 0.0437. The third kappa shape index (κ3) is 2.70. The molecule has 0 amide bonds. The highest BCUT2D eigenvalue weighted by atomic mass is 31.2. The number of fused-ring (bicyclic) bond motifs is 1. The zero-order valence-corrected chi connectivity index (χ0v) is 11.8. The van der Waals surface area contributed by atoms with E-state index in [2.05, 4.69) is 15.0 Å². The van der Waals surface area contributed by atoms with Crippen LogP contribution in [0.5, 0.6) is 0 Å². The number of nitrogens with zero attached hydrogens (tertiary/aromatic N) is 4. The first-order valence-electron chi connectivity index (χ1n) is 6.29. The van der Waals surface area contributed by atoms with Crippen molar-refractivity contribution >= 4 is 30.5 Å². The number of rotatable bonds is 3. The fraction of sp³-hybridized carbons (Fsp3) is 0.500. The van der Waals surface area contributed by atoms with Gasteiger partial charge in [0.1, 0.15) is 5.52 Å². The SMILES string of the molecule is Nc1nc(N)c2ncn(C[C@H]3CCC(P(=O)(O)O)O3)c2n1. The average Bonchev–Trinajstić information content (AvgIpc) is 2.97. The highest BCUT2D eigenvalue weighted by Crippen LogP contribution is 2.48. The molecule has 0 spiro atoms. The molecule has 0 aromatic carbocycles. The number of anilines is 2. The van der Waals surface area contributed by atoms with Gasteiger partial charge in [-0.2, -0.15) is 9.97 Å². The standard InChI is InChI=1S/C10H15N6O4P/c11-8-7-9(15-10(12)14-8)16(4-13-7)3-5-1-2-6(20-5)21(17,18)19/h4-6H,1-3H2,(H2,17,18,19)(H4,11,12,14,15)/t5-,6?/m1/s1. The van der Waals surface area contributed by atoms with Crippen molar-refractivity contribution in [2.24, 2.45) is 0 Å². The van der Waals surface area contributed by atoms with Crippen LogP contribution in [-0.2, 0) is 15.8 Å². The van der Waals surface area contributed by atoms with Crippen LogP contribution < -0.4 is 11.5 Å². The monoisotopic (exact) mass is 314 g/mol. The lowest BCUT2D eigenvalue weighted by molar-refractivity contribution is 0.0621. The van der Waals surface area contributed by atoms with Gasteiger partial charge in [0.15, 0.2) is 17.3 Å². The highest BCUT2D eigenvalue weighted by molar-refractivity contribution is 7.52. The summed E-state index contributed by atoms with van der Waals surface area (Å²) in [5.41, 5.74) is 12.2. The molecule has 11 heteroatoms. The number of hydrogen-bond donors (Lipinski definition) is 4. The first-order valence-corrected chi connectivity index (χ1v) is 7.97. The molecule has 2 aromatic rings. The number of nitrogens with two attached hydrogens (primary N) is 2. The van der Waals surface area contributed by atoms with Crippen LogP contribution in [0.4, 0.5) is 11.8 Å². The van der Waals surface area contributed by atoms with Crippen molar-refractivity contribution in [3.8, 4) is 0 Å². The minimum atomic E-state index is -4.22. The van der Waals surface area contributed by atoms with Gasteiger partial charge in [-0.15, -0.1) is 0 Å². The summed E-state index contributed by atoms with van der Waals surface area (Å²) in [5.74, 6) is -0.805. The molecule has 114 valence electrons. The van der Waals surface area contributed by atoms with Crippen molar-refractivity contribution in [1.29, 1.82) is 0 Å². The lowest BCUT2D eigenvalue weighted by Gasteiger charge is -2.15. The van der Waals surface area contributed by atoms with Crippen molar-refractivity contribution in [2.75, 3.05) is 11.5 Å². The molecule has 0 aliphatic carbocycles. The van der Waals surface area contributed by atoms with E-state index in [1.807, 2.05) is 0 Å². The van der Waals surface area contributed by atoms with E-state index in [0.29, 0.717) is 30.6 Å². The van der Waals surface area contributed by atoms with E-state index < -0.39 is 13.4 Å². The third-order valence-corrected chi connectivity index (χ3v) is 4.50. The predicted molar refractivity (Wildman–Crippen MR) is 74.1 cm³/mol. The summed E-state index contributed by atoms with van der Waals surface area (Å²) in [6.07, 6.45) is 2.08. The van der Waals surface area contributed by atoms with Crippen LogP contribution in [0.2, 0.25) is 0 Å². The highest BCUT2D eigenvalue weighted by Gasteiger charge is 2.37. The molecule has 2 aromatic heterocycles. The van der Waals surface area contributed by atoms with E-state index in [9.17, 15) is 4.57 Å². The molecule has 0 radical (unpaired) electrons. The van der Waals surface area contributed by atoms with Gasteiger partial charge in [-0.3, -0.25) is 4.57 Å². The maximum atomic E-state index is 11.2. The van der Waals surface area contributed by atoms with E-state index in [1.54, 1.807) is 4.57 Å². The first-order chi connectivity index (χ1) is 9.84. The van der Waals surface area contributed by atoms with E-state index >= 15 is 0 Å². The van der Waals surface area contributed by atoms with Crippen LogP contribution in [-0.4, -0.2) is 41.3 Å². The lowest BCUT2D eigenvalue weighted by Crippen LogP contribution is -2.17. The number of ether oxygens (including phenoxy) is 1. The summed E-state index contributed by atoms with van der Waals surface area (Å²) >= 11 is 0. The Balaban J connectivity index is 1.82. The molecule has 1 aliphatic rings. The molecule has 0 bridgehead atoms. The smallest absolute Gasteiger partial charge is 0.354 e. The zero-order chi connectivity index (χ0) is 15.2. The summed E-state index contributed by atoms with van der Waals surface area (Å²) in [6, 6.07) is 0. The predicted octanol–water partition coefficient (Wildman–Crippen LogP) is -0.327. The lowest BCUT2D eigenvalue weighted by atomic mass is 10.2. The second-order valence-corrected chi connectivity index (χ2v) is 6.67. The molecule has 1 unspecified atom stereocenters. The molecular weight excluding hydrogens is 299 g/mol. The molecule has 1 saturated heterocycles. The van der Waals surface area contributed by atoms with Crippen LogP contribution in [0.15, 0.2) is 6.33 Å². The Hall–Kier alpha value is -1.74. The Labute approximate surface area is 119 Å². The Morgan fingerprint density at radius 1 is 1.38 bits per heavy atom. The molecule has 6 N–H and O–H groups in total. The number of nitrogen functional groups attached to an aromatic ring is 2. The molecule has 1 fully saturated rings. The van der Waals surface area contributed by atoms with Gasteiger partial charge in [0.05, 0.1) is 19.0 Å². The van der Waals surface area contributed by atoms with Crippen LogP contribution in [0.1, 0.15) is 12.8 Å². The second-order valence-electron chi connectivity index (χ2n) is 4.92. The molecular formula is C10H15N6O4P. The minimum Gasteiger partial charge on any atom is -0.382 e. The summed E-state index contributed by atoms with van der Waals surface area (Å²) in [6.45, 7) is 0.364. The van der Waals surface area contributed by atoms with Crippen molar-refractivity contribution in [3.63, 3.8) is 0 Å². The van der Waals surface area contributed by atoms with Gasteiger partial charge in [-0.1, -0.05) is 0 Å². The topological polar surface area (TPSA) is 162 Å². The summed E-state index contributed by atoms with van der Waals surface area (Å²) < 4.78 is 18.3. The normalized spacial score (nSPS) is 23.0. The van der Waals surface area contributed by atoms with Crippen molar-refractivity contribution in [2.45, 2.75) is 31.3 Å². The molecule has 3 rings (SSSR count). The van der Waals surface area contributed by atoms with Gasteiger partial charge < -0.3 is 30.6 Å². The van der Waals surface area contributed by atoms with Crippen molar-refractivity contribution in [3.05, 3.63) is 6.33 Å². The largest absolute Gasteiger partial charge is 0.382 e. The van der Waals surface area contributed by atoms with Crippen LogP contribution in [0.3, 0.4) is 0 Å². The number of imidazole rings is 1. The Morgan fingerprint density at radius 3 is 2.81 bits per heavy atom. The van der Waals surface area contributed by atoms with Crippen LogP contribution >= 0.6 is 7.60 Å². The van der Waals surface area contributed by atoms with E-state index in [-0.39, 0.29) is 17.9 Å². The number of hydrogen-bond acceptors (Lipinski definition) is 7. The molecule has 3 heterocycles. The fourth-order valence-corrected chi connectivity index (χ4v) is 3.22. The molecule has 0 saturated carbocycles.